The minimum atomic E-state index is -3.56. The molecule has 1 aromatic heterocycles. The first-order valence-corrected chi connectivity index (χ1v) is 9.39. The fourth-order valence-electron chi connectivity index (χ4n) is 2.06. The second kappa shape index (κ2) is 6.08. The van der Waals surface area contributed by atoms with Crippen LogP contribution in [0.25, 0.3) is 0 Å². The number of hydrogen-bond donors (Lipinski definition) is 1. The lowest BCUT2D eigenvalue weighted by atomic mass is 10.1. The Morgan fingerprint density at radius 3 is 2.52 bits per heavy atom. The van der Waals surface area contributed by atoms with Gasteiger partial charge in [-0.1, -0.05) is 0 Å². The number of nitrogens with two attached hydrogens (primary N) is 1. The number of rotatable bonds is 4. The number of halogens is 1. The van der Waals surface area contributed by atoms with E-state index in [0.29, 0.717) is 17.8 Å². The maximum absolute atomic E-state index is 12.7. The number of benzene rings is 1. The molecule has 0 atom stereocenters. The molecule has 0 radical (unpaired) electrons. The van der Waals surface area contributed by atoms with E-state index in [-0.39, 0.29) is 4.90 Å². The Hall–Kier alpha value is -0.890. The zero-order valence-electron chi connectivity index (χ0n) is 12.1. The first-order chi connectivity index (χ1) is 9.71. The highest BCUT2D eigenvalue weighted by Crippen LogP contribution is 2.27. The van der Waals surface area contributed by atoms with Gasteiger partial charge in [0.2, 0.25) is 10.0 Å². The molecule has 1 heterocycles. The van der Waals surface area contributed by atoms with Crippen LogP contribution in [-0.2, 0) is 16.6 Å². The van der Waals surface area contributed by atoms with Gasteiger partial charge in [0, 0.05) is 19.3 Å². The highest BCUT2D eigenvalue weighted by molar-refractivity contribution is 9.11. The smallest absolute Gasteiger partial charge is 0.243 e. The second-order valence-electron chi connectivity index (χ2n) is 5.00. The second-order valence-corrected chi connectivity index (χ2v) is 9.30. The normalized spacial score (nSPS) is 12.0. The van der Waals surface area contributed by atoms with Crippen LogP contribution in [0.4, 0.5) is 5.69 Å². The van der Waals surface area contributed by atoms with E-state index >= 15 is 0 Å². The molecule has 0 aliphatic carbocycles. The van der Waals surface area contributed by atoms with Gasteiger partial charge in [-0.3, -0.25) is 0 Å². The molecule has 0 saturated carbocycles. The van der Waals surface area contributed by atoms with Gasteiger partial charge in [-0.2, -0.15) is 4.31 Å². The molecule has 7 heteroatoms. The Labute approximate surface area is 137 Å². The van der Waals surface area contributed by atoms with E-state index < -0.39 is 10.0 Å². The van der Waals surface area contributed by atoms with Crippen molar-refractivity contribution in [2.75, 3.05) is 12.8 Å². The summed E-state index contributed by atoms with van der Waals surface area (Å²) in [7, 11) is -1.98. The Balaban J connectivity index is 2.37. The molecule has 2 N–H and O–H groups in total. The predicted molar refractivity (Wildman–Crippen MR) is 91.0 cm³/mol. The van der Waals surface area contributed by atoms with Crippen LogP contribution in [-0.4, -0.2) is 19.8 Å². The number of nitrogen functional groups attached to an aromatic ring is 1. The maximum atomic E-state index is 12.7. The van der Waals surface area contributed by atoms with Gasteiger partial charge in [0.15, 0.2) is 0 Å². The molecule has 0 aliphatic rings. The van der Waals surface area contributed by atoms with Crippen LogP contribution in [0.5, 0.6) is 0 Å². The minimum absolute atomic E-state index is 0.275. The standard InChI is InChI=1S/C14H17BrN2O2S2/c1-9-4-12(16)10(2)13(5-9)21(18,19)17(3)7-11-6-14(15)20-8-11/h4-6,8H,7,16H2,1-3H3. The average molecular weight is 389 g/mol. The molecule has 114 valence electrons. The van der Waals surface area contributed by atoms with Gasteiger partial charge < -0.3 is 5.73 Å². The van der Waals surface area contributed by atoms with E-state index in [1.54, 1.807) is 26.1 Å². The monoisotopic (exact) mass is 388 g/mol. The summed E-state index contributed by atoms with van der Waals surface area (Å²) in [6.45, 7) is 3.90. The van der Waals surface area contributed by atoms with Crippen molar-refractivity contribution < 1.29 is 8.42 Å². The van der Waals surface area contributed by atoms with E-state index in [4.69, 9.17) is 5.73 Å². The fraction of sp³-hybridized carbons (Fsp3) is 0.286. The average Bonchev–Trinajstić information content (AvgIpc) is 2.79. The first-order valence-electron chi connectivity index (χ1n) is 6.28. The van der Waals surface area contributed by atoms with Crippen molar-refractivity contribution in [3.8, 4) is 0 Å². The van der Waals surface area contributed by atoms with Gasteiger partial charge in [-0.05, 0) is 70.0 Å². The van der Waals surface area contributed by atoms with Crippen LogP contribution in [0.1, 0.15) is 16.7 Å². The first kappa shape index (κ1) is 16.5. The summed E-state index contributed by atoms with van der Waals surface area (Å²) in [5.41, 5.74) is 8.77. The predicted octanol–water partition coefficient (Wildman–Crippen LogP) is 3.53. The molecule has 21 heavy (non-hydrogen) atoms. The van der Waals surface area contributed by atoms with Crippen molar-refractivity contribution in [1.82, 2.24) is 4.31 Å². The molecule has 4 nitrogen and oxygen atoms in total. The van der Waals surface area contributed by atoms with Gasteiger partial charge >= 0.3 is 0 Å². The van der Waals surface area contributed by atoms with Gasteiger partial charge in [0.1, 0.15) is 0 Å². The summed E-state index contributed by atoms with van der Waals surface area (Å²) in [4.78, 5) is 0.275. The van der Waals surface area contributed by atoms with Crippen molar-refractivity contribution in [3.05, 3.63) is 44.1 Å². The molecule has 0 aliphatic heterocycles. The summed E-state index contributed by atoms with van der Waals surface area (Å²) in [6, 6.07) is 5.37. The molecule has 1 aromatic carbocycles. The number of anilines is 1. The Bertz CT molecular complexity index is 769. The van der Waals surface area contributed by atoms with Gasteiger partial charge in [-0.15, -0.1) is 11.3 Å². The molecule has 0 unspecified atom stereocenters. The Morgan fingerprint density at radius 2 is 1.95 bits per heavy atom. The number of aryl methyl sites for hydroxylation is 1. The third-order valence-corrected chi connectivity index (χ3v) is 6.74. The molecular formula is C14H17BrN2O2S2. The van der Waals surface area contributed by atoms with E-state index in [9.17, 15) is 8.42 Å². The largest absolute Gasteiger partial charge is 0.398 e. The highest BCUT2D eigenvalue weighted by Gasteiger charge is 2.24. The van der Waals surface area contributed by atoms with Gasteiger partial charge in [0.25, 0.3) is 0 Å². The third-order valence-electron chi connectivity index (χ3n) is 3.26. The lowest BCUT2D eigenvalue weighted by Gasteiger charge is -2.19. The van der Waals surface area contributed by atoms with E-state index in [2.05, 4.69) is 15.9 Å². The quantitative estimate of drug-likeness (QED) is 0.814. The molecule has 0 spiro atoms. The van der Waals surface area contributed by atoms with Crippen LogP contribution < -0.4 is 5.73 Å². The lowest BCUT2D eigenvalue weighted by molar-refractivity contribution is 0.466. The molecule has 0 amide bonds. The van der Waals surface area contributed by atoms with Gasteiger partial charge in [-0.25, -0.2) is 8.42 Å². The van der Waals surface area contributed by atoms with Crippen LogP contribution in [0.2, 0.25) is 0 Å². The minimum Gasteiger partial charge on any atom is -0.398 e. The molecular weight excluding hydrogens is 372 g/mol. The Kier molecular flexibility index (Phi) is 4.77. The van der Waals surface area contributed by atoms with Crippen molar-refractivity contribution in [1.29, 1.82) is 0 Å². The third kappa shape index (κ3) is 3.48. The van der Waals surface area contributed by atoms with Crippen LogP contribution >= 0.6 is 27.3 Å². The molecule has 2 rings (SSSR count). The van der Waals surface area contributed by atoms with Crippen molar-refractivity contribution >= 4 is 43.0 Å². The molecule has 2 aromatic rings. The summed E-state index contributed by atoms with van der Waals surface area (Å²) < 4.78 is 27.8. The van der Waals surface area contributed by atoms with Crippen molar-refractivity contribution in [3.63, 3.8) is 0 Å². The maximum Gasteiger partial charge on any atom is 0.243 e. The summed E-state index contributed by atoms with van der Waals surface area (Å²) in [5, 5.41) is 1.94. The van der Waals surface area contributed by atoms with Crippen molar-refractivity contribution in [2.45, 2.75) is 25.3 Å². The molecule has 0 saturated heterocycles. The topological polar surface area (TPSA) is 63.4 Å². The van der Waals surface area contributed by atoms with E-state index in [1.165, 1.54) is 15.6 Å². The fourth-order valence-corrected chi connectivity index (χ4v) is 4.75. The number of hydrogen-bond acceptors (Lipinski definition) is 4. The lowest BCUT2D eigenvalue weighted by Crippen LogP contribution is -2.27. The Morgan fingerprint density at radius 1 is 1.29 bits per heavy atom. The van der Waals surface area contributed by atoms with E-state index in [0.717, 1.165) is 14.9 Å². The SMILES string of the molecule is Cc1cc(N)c(C)c(S(=O)(=O)N(C)Cc2csc(Br)c2)c1. The van der Waals surface area contributed by atoms with Crippen molar-refractivity contribution in [2.24, 2.45) is 0 Å². The zero-order chi connectivity index (χ0) is 15.8. The van der Waals surface area contributed by atoms with Crippen LogP contribution in [0.15, 0.2) is 32.3 Å². The highest BCUT2D eigenvalue weighted by atomic mass is 79.9. The number of thiophene rings is 1. The zero-order valence-corrected chi connectivity index (χ0v) is 15.3. The van der Waals surface area contributed by atoms with Gasteiger partial charge in [0.05, 0.1) is 8.68 Å². The molecule has 0 bridgehead atoms. The van der Waals surface area contributed by atoms with Crippen LogP contribution in [0.3, 0.4) is 0 Å². The number of sulfonamides is 1. The van der Waals surface area contributed by atoms with E-state index in [1.807, 2.05) is 18.4 Å². The summed E-state index contributed by atoms with van der Waals surface area (Å²) >= 11 is 4.92. The van der Waals surface area contributed by atoms with Crippen LogP contribution in [0, 0.1) is 13.8 Å². The molecule has 0 fully saturated rings. The number of nitrogens with zero attached hydrogens (tertiary/aromatic N) is 1. The summed E-state index contributed by atoms with van der Waals surface area (Å²) in [6.07, 6.45) is 0. The summed E-state index contributed by atoms with van der Waals surface area (Å²) in [5.74, 6) is 0.